The second-order valence-corrected chi connectivity index (χ2v) is 6.62. The highest BCUT2D eigenvalue weighted by atomic mass is 32.1. The molecule has 20 heavy (non-hydrogen) atoms. The van der Waals surface area contributed by atoms with E-state index in [0.717, 1.165) is 28.7 Å². The predicted octanol–water partition coefficient (Wildman–Crippen LogP) is 3.13. The van der Waals surface area contributed by atoms with Crippen molar-refractivity contribution < 1.29 is 4.74 Å². The van der Waals surface area contributed by atoms with E-state index in [2.05, 4.69) is 41.4 Å². The number of pyridine rings is 1. The SMILES string of the molecule is CNCc1ccc(OCc2nc(C(C)(C)C)cs2)cn1. The molecule has 5 heteroatoms. The molecule has 0 saturated carbocycles. The monoisotopic (exact) mass is 291 g/mol. The van der Waals surface area contributed by atoms with Crippen molar-refractivity contribution in [2.75, 3.05) is 7.05 Å². The Kier molecular flexibility index (Phi) is 4.73. The number of aromatic nitrogens is 2. The van der Waals surface area contributed by atoms with Gasteiger partial charge < -0.3 is 10.1 Å². The van der Waals surface area contributed by atoms with Gasteiger partial charge in [0.1, 0.15) is 17.4 Å². The third-order valence-corrected chi connectivity index (χ3v) is 3.66. The van der Waals surface area contributed by atoms with Crippen molar-refractivity contribution in [3.8, 4) is 5.75 Å². The van der Waals surface area contributed by atoms with Crippen LogP contribution in [0.4, 0.5) is 0 Å². The number of nitrogens with zero attached hydrogens (tertiary/aromatic N) is 2. The van der Waals surface area contributed by atoms with Gasteiger partial charge in [0, 0.05) is 17.3 Å². The van der Waals surface area contributed by atoms with Crippen molar-refractivity contribution in [1.29, 1.82) is 0 Å². The fourth-order valence-corrected chi connectivity index (χ4v) is 2.58. The van der Waals surface area contributed by atoms with Crippen LogP contribution in [0.15, 0.2) is 23.7 Å². The Morgan fingerprint density at radius 2 is 2.10 bits per heavy atom. The number of hydrogen-bond donors (Lipinski definition) is 1. The van der Waals surface area contributed by atoms with Gasteiger partial charge in [-0.05, 0) is 19.2 Å². The van der Waals surface area contributed by atoms with E-state index in [1.807, 2.05) is 19.2 Å². The van der Waals surface area contributed by atoms with Crippen molar-refractivity contribution in [1.82, 2.24) is 15.3 Å². The third kappa shape index (κ3) is 4.02. The predicted molar refractivity (Wildman–Crippen MR) is 82.1 cm³/mol. The maximum atomic E-state index is 5.72. The Hall–Kier alpha value is -1.46. The number of nitrogens with one attached hydrogen (secondary N) is 1. The highest BCUT2D eigenvalue weighted by Crippen LogP contribution is 2.24. The van der Waals surface area contributed by atoms with E-state index >= 15 is 0 Å². The Bertz CT molecular complexity index is 543. The first-order valence-electron chi connectivity index (χ1n) is 6.66. The molecule has 0 radical (unpaired) electrons. The lowest BCUT2D eigenvalue weighted by atomic mass is 9.93. The topological polar surface area (TPSA) is 47.0 Å². The summed E-state index contributed by atoms with van der Waals surface area (Å²) in [5.74, 6) is 0.775. The summed E-state index contributed by atoms with van der Waals surface area (Å²) in [6.07, 6.45) is 1.75. The number of rotatable bonds is 5. The maximum absolute atomic E-state index is 5.72. The van der Waals surface area contributed by atoms with Crippen LogP contribution < -0.4 is 10.1 Å². The minimum atomic E-state index is 0.0884. The molecule has 0 amide bonds. The molecule has 0 spiro atoms. The van der Waals surface area contributed by atoms with Gasteiger partial charge in [0.25, 0.3) is 0 Å². The van der Waals surface area contributed by atoms with Crippen LogP contribution in [0.2, 0.25) is 0 Å². The van der Waals surface area contributed by atoms with Crippen LogP contribution in [0.25, 0.3) is 0 Å². The molecule has 1 N–H and O–H groups in total. The molecule has 0 fully saturated rings. The van der Waals surface area contributed by atoms with Crippen LogP contribution in [-0.2, 0) is 18.6 Å². The molecule has 2 aromatic heterocycles. The molecule has 0 aromatic carbocycles. The van der Waals surface area contributed by atoms with E-state index in [1.54, 1.807) is 17.5 Å². The fraction of sp³-hybridized carbons (Fsp3) is 0.467. The standard InChI is InChI=1S/C15H21N3OS/c1-15(2,3)13-10-20-14(18-13)9-19-12-6-5-11(7-16-4)17-8-12/h5-6,8,10,16H,7,9H2,1-4H3. The van der Waals surface area contributed by atoms with Gasteiger partial charge in [-0.3, -0.25) is 4.98 Å². The Morgan fingerprint density at radius 3 is 2.65 bits per heavy atom. The van der Waals surface area contributed by atoms with Crippen LogP contribution in [0, 0.1) is 0 Å². The van der Waals surface area contributed by atoms with Gasteiger partial charge in [-0.25, -0.2) is 4.98 Å². The van der Waals surface area contributed by atoms with E-state index in [-0.39, 0.29) is 5.41 Å². The summed E-state index contributed by atoms with van der Waals surface area (Å²) in [6.45, 7) is 7.75. The van der Waals surface area contributed by atoms with Crippen LogP contribution >= 0.6 is 11.3 Å². The van der Waals surface area contributed by atoms with E-state index in [0.29, 0.717) is 6.61 Å². The lowest BCUT2D eigenvalue weighted by Crippen LogP contribution is -2.11. The molecule has 108 valence electrons. The third-order valence-electron chi connectivity index (χ3n) is 2.84. The molecule has 0 unspecified atom stereocenters. The quantitative estimate of drug-likeness (QED) is 0.919. The van der Waals surface area contributed by atoms with E-state index in [4.69, 9.17) is 4.74 Å². The average molecular weight is 291 g/mol. The Labute approximate surface area is 124 Å². The van der Waals surface area contributed by atoms with Gasteiger partial charge in [0.2, 0.25) is 0 Å². The smallest absolute Gasteiger partial charge is 0.140 e. The second kappa shape index (κ2) is 6.33. The molecule has 2 rings (SSSR count). The molecule has 0 saturated heterocycles. The van der Waals surface area contributed by atoms with Gasteiger partial charge >= 0.3 is 0 Å². The van der Waals surface area contributed by atoms with Gasteiger partial charge in [-0.2, -0.15) is 0 Å². The largest absolute Gasteiger partial charge is 0.485 e. The zero-order valence-electron chi connectivity index (χ0n) is 12.4. The Morgan fingerprint density at radius 1 is 1.30 bits per heavy atom. The van der Waals surface area contributed by atoms with Crippen molar-refractivity contribution in [2.24, 2.45) is 0 Å². The van der Waals surface area contributed by atoms with Gasteiger partial charge in [-0.1, -0.05) is 20.8 Å². The molecule has 0 aliphatic heterocycles. The molecule has 0 bridgehead atoms. The highest BCUT2D eigenvalue weighted by molar-refractivity contribution is 7.09. The second-order valence-electron chi connectivity index (χ2n) is 5.68. The summed E-state index contributed by atoms with van der Waals surface area (Å²) in [4.78, 5) is 8.93. The van der Waals surface area contributed by atoms with E-state index < -0.39 is 0 Å². The highest BCUT2D eigenvalue weighted by Gasteiger charge is 2.17. The molecule has 2 aromatic rings. The zero-order valence-corrected chi connectivity index (χ0v) is 13.3. The lowest BCUT2D eigenvalue weighted by molar-refractivity contribution is 0.303. The molecule has 0 aliphatic carbocycles. The van der Waals surface area contributed by atoms with Crippen molar-refractivity contribution in [3.63, 3.8) is 0 Å². The van der Waals surface area contributed by atoms with Crippen molar-refractivity contribution in [2.45, 2.75) is 39.3 Å². The van der Waals surface area contributed by atoms with Crippen LogP contribution in [0.1, 0.15) is 37.2 Å². The minimum absolute atomic E-state index is 0.0884. The number of hydrogen-bond acceptors (Lipinski definition) is 5. The van der Waals surface area contributed by atoms with Gasteiger partial charge in [-0.15, -0.1) is 11.3 Å². The maximum Gasteiger partial charge on any atom is 0.140 e. The molecular weight excluding hydrogens is 270 g/mol. The summed E-state index contributed by atoms with van der Waals surface area (Å²) in [6, 6.07) is 3.91. The zero-order chi connectivity index (χ0) is 14.6. The van der Waals surface area contributed by atoms with Gasteiger partial charge in [0.05, 0.1) is 17.6 Å². The first-order valence-corrected chi connectivity index (χ1v) is 7.54. The molecule has 0 atom stereocenters. The number of thiazole rings is 1. The minimum Gasteiger partial charge on any atom is -0.485 e. The summed E-state index contributed by atoms with van der Waals surface area (Å²) >= 11 is 1.64. The van der Waals surface area contributed by atoms with Crippen molar-refractivity contribution in [3.05, 3.63) is 40.1 Å². The van der Waals surface area contributed by atoms with E-state index in [1.165, 1.54) is 0 Å². The lowest BCUT2D eigenvalue weighted by Gasteiger charge is -2.14. The van der Waals surface area contributed by atoms with Crippen LogP contribution in [-0.4, -0.2) is 17.0 Å². The van der Waals surface area contributed by atoms with Crippen molar-refractivity contribution >= 4 is 11.3 Å². The normalized spacial score (nSPS) is 11.6. The Balaban J connectivity index is 1.93. The summed E-state index contributed by atoms with van der Waals surface area (Å²) in [7, 11) is 1.90. The van der Waals surface area contributed by atoms with Crippen LogP contribution in [0.5, 0.6) is 5.75 Å². The van der Waals surface area contributed by atoms with E-state index in [9.17, 15) is 0 Å². The molecular formula is C15H21N3OS. The average Bonchev–Trinajstić information content (AvgIpc) is 2.87. The summed E-state index contributed by atoms with van der Waals surface area (Å²) in [5, 5.41) is 6.17. The fourth-order valence-electron chi connectivity index (χ4n) is 1.65. The van der Waals surface area contributed by atoms with Gasteiger partial charge in [0.15, 0.2) is 0 Å². The molecule has 4 nitrogen and oxygen atoms in total. The van der Waals surface area contributed by atoms with Crippen LogP contribution in [0.3, 0.4) is 0 Å². The first-order chi connectivity index (χ1) is 9.49. The number of ether oxygens (including phenoxy) is 1. The summed E-state index contributed by atoms with van der Waals surface area (Å²) < 4.78 is 5.72. The molecule has 0 aliphatic rings. The summed E-state index contributed by atoms with van der Waals surface area (Å²) in [5.41, 5.74) is 2.21. The first kappa shape index (κ1) is 14.9. The molecule has 2 heterocycles.